The van der Waals surface area contributed by atoms with Gasteiger partial charge in [-0.3, -0.25) is 4.79 Å². The van der Waals surface area contributed by atoms with Crippen molar-refractivity contribution in [3.05, 3.63) is 11.6 Å². The molecule has 2 atom stereocenters. The highest BCUT2D eigenvalue weighted by Crippen LogP contribution is 2.18. The molecule has 2 rings (SSSR count). The number of carbonyl (C=O) groups is 1. The van der Waals surface area contributed by atoms with Crippen LogP contribution in [0.4, 0.5) is 0 Å². The number of nitrogens with two attached hydrogens (primary N) is 1. The molecule has 1 aromatic heterocycles. The molecule has 0 aromatic carbocycles. The zero-order valence-electron chi connectivity index (χ0n) is 9.60. The SMILES string of the molecule is CC(NC(=O)[C@H](C)N)c1nnc2n1CCC2. The van der Waals surface area contributed by atoms with Crippen molar-refractivity contribution in [2.75, 3.05) is 0 Å². The summed E-state index contributed by atoms with van der Waals surface area (Å²) < 4.78 is 2.08. The summed E-state index contributed by atoms with van der Waals surface area (Å²) in [5, 5.41) is 11.0. The number of fused-ring (bicyclic) bond motifs is 1. The van der Waals surface area contributed by atoms with Gasteiger partial charge in [0, 0.05) is 13.0 Å². The number of aryl methyl sites for hydroxylation is 1. The smallest absolute Gasteiger partial charge is 0.237 e. The molecule has 6 heteroatoms. The summed E-state index contributed by atoms with van der Waals surface area (Å²) in [5.41, 5.74) is 5.50. The molecule has 0 saturated heterocycles. The lowest BCUT2D eigenvalue weighted by molar-refractivity contribution is -0.122. The number of hydrogen-bond donors (Lipinski definition) is 2. The predicted octanol–water partition coefficient (Wildman–Crippen LogP) is -0.251. The molecule has 0 saturated carbocycles. The Balaban J connectivity index is 2.09. The van der Waals surface area contributed by atoms with E-state index >= 15 is 0 Å². The monoisotopic (exact) mass is 223 g/mol. The molecule has 0 aliphatic carbocycles. The molecule has 16 heavy (non-hydrogen) atoms. The van der Waals surface area contributed by atoms with Crippen molar-refractivity contribution < 1.29 is 4.79 Å². The average molecular weight is 223 g/mol. The molecule has 3 N–H and O–H groups in total. The van der Waals surface area contributed by atoms with Crippen molar-refractivity contribution in [3.8, 4) is 0 Å². The number of nitrogens with zero attached hydrogens (tertiary/aromatic N) is 3. The van der Waals surface area contributed by atoms with Gasteiger partial charge in [-0.1, -0.05) is 0 Å². The minimum absolute atomic E-state index is 0.141. The zero-order valence-corrected chi connectivity index (χ0v) is 9.60. The minimum Gasteiger partial charge on any atom is -0.345 e. The van der Waals surface area contributed by atoms with Crippen LogP contribution in [0.1, 0.15) is 38.0 Å². The second kappa shape index (κ2) is 4.21. The summed E-state index contributed by atoms with van der Waals surface area (Å²) in [6.45, 7) is 4.50. The van der Waals surface area contributed by atoms with Crippen LogP contribution in [0.3, 0.4) is 0 Å². The molecule has 1 unspecified atom stereocenters. The molecule has 0 spiro atoms. The molecule has 88 valence electrons. The van der Waals surface area contributed by atoms with E-state index in [-0.39, 0.29) is 11.9 Å². The summed E-state index contributed by atoms with van der Waals surface area (Å²) in [4.78, 5) is 11.5. The van der Waals surface area contributed by atoms with E-state index in [4.69, 9.17) is 5.73 Å². The Kier molecular flexibility index (Phi) is 2.91. The molecule has 0 bridgehead atoms. The van der Waals surface area contributed by atoms with Crippen LogP contribution in [0.2, 0.25) is 0 Å². The fraction of sp³-hybridized carbons (Fsp3) is 0.700. The molecule has 1 aromatic rings. The zero-order chi connectivity index (χ0) is 11.7. The van der Waals surface area contributed by atoms with E-state index in [2.05, 4.69) is 20.1 Å². The van der Waals surface area contributed by atoms with E-state index in [0.29, 0.717) is 0 Å². The maximum absolute atomic E-state index is 11.5. The van der Waals surface area contributed by atoms with Crippen LogP contribution in [0.15, 0.2) is 0 Å². The lowest BCUT2D eigenvalue weighted by atomic mass is 10.2. The highest BCUT2D eigenvalue weighted by atomic mass is 16.2. The van der Waals surface area contributed by atoms with Crippen LogP contribution in [0.5, 0.6) is 0 Å². The van der Waals surface area contributed by atoms with Crippen molar-refractivity contribution in [3.63, 3.8) is 0 Å². The Morgan fingerprint density at radius 2 is 2.25 bits per heavy atom. The summed E-state index contributed by atoms with van der Waals surface area (Å²) in [5.74, 6) is 1.67. The van der Waals surface area contributed by atoms with Crippen LogP contribution in [0.25, 0.3) is 0 Å². The Bertz CT molecular complexity index is 398. The van der Waals surface area contributed by atoms with E-state index in [9.17, 15) is 4.79 Å². The number of rotatable bonds is 3. The van der Waals surface area contributed by atoms with E-state index in [0.717, 1.165) is 31.0 Å². The number of nitrogens with one attached hydrogen (secondary N) is 1. The van der Waals surface area contributed by atoms with Crippen LogP contribution in [0, 0.1) is 0 Å². The van der Waals surface area contributed by atoms with Gasteiger partial charge in [-0.15, -0.1) is 10.2 Å². The Morgan fingerprint density at radius 3 is 2.94 bits per heavy atom. The lowest BCUT2D eigenvalue weighted by Gasteiger charge is -2.15. The molecule has 1 aliphatic rings. The van der Waals surface area contributed by atoms with Crippen molar-refractivity contribution in [2.45, 2.75) is 45.3 Å². The van der Waals surface area contributed by atoms with Gasteiger partial charge in [-0.2, -0.15) is 0 Å². The van der Waals surface area contributed by atoms with E-state index in [1.165, 1.54) is 0 Å². The summed E-state index contributed by atoms with van der Waals surface area (Å²) in [6.07, 6.45) is 2.08. The number of hydrogen-bond acceptors (Lipinski definition) is 4. The number of aromatic nitrogens is 3. The van der Waals surface area contributed by atoms with E-state index in [1.807, 2.05) is 6.92 Å². The largest absolute Gasteiger partial charge is 0.345 e. The van der Waals surface area contributed by atoms with E-state index < -0.39 is 6.04 Å². The maximum Gasteiger partial charge on any atom is 0.237 e. The Hall–Kier alpha value is -1.43. The van der Waals surface area contributed by atoms with Gasteiger partial charge in [-0.05, 0) is 20.3 Å². The predicted molar refractivity (Wildman–Crippen MR) is 58.6 cm³/mol. The molecule has 1 aliphatic heterocycles. The molecule has 1 amide bonds. The van der Waals surface area contributed by atoms with Crippen LogP contribution < -0.4 is 11.1 Å². The lowest BCUT2D eigenvalue weighted by Crippen LogP contribution is -2.40. The van der Waals surface area contributed by atoms with Crippen LogP contribution in [-0.2, 0) is 17.8 Å². The normalized spacial score (nSPS) is 17.9. The first-order valence-electron chi connectivity index (χ1n) is 5.57. The van der Waals surface area contributed by atoms with Gasteiger partial charge in [0.1, 0.15) is 5.82 Å². The van der Waals surface area contributed by atoms with Gasteiger partial charge in [0.25, 0.3) is 0 Å². The molecule has 6 nitrogen and oxygen atoms in total. The van der Waals surface area contributed by atoms with Crippen molar-refractivity contribution in [2.24, 2.45) is 5.73 Å². The summed E-state index contributed by atoms with van der Waals surface area (Å²) >= 11 is 0. The second-order valence-electron chi connectivity index (χ2n) is 4.25. The van der Waals surface area contributed by atoms with Gasteiger partial charge in [0.15, 0.2) is 5.82 Å². The maximum atomic E-state index is 11.5. The third-order valence-electron chi connectivity index (χ3n) is 2.80. The number of carbonyl (C=O) groups excluding carboxylic acids is 1. The second-order valence-corrected chi connectivity index (χ2v) is 4.25. The summed E-state index contributed by atoms with van der Waals surface area (Å²) in [6, 6.07) is -0.638. The van der Waals surface area contributed by atoms with Crippen molar-refractivity contribution in [1.82, 2.24) is 20.1 Å². The fourth-order valence-corrected chi connectivity index (χ4v) is 1.90. The first kappa shape index (κ1) is 11.1. The Labute approximate surface area is 94.2 Å². The number of amides is 1. The van der Waals surface area contributed by atoms with Gasteiger partial charge in [-0.25, -0.2) is 0 Å². The first-order valence-corrected chi connectivity index (χ1v) is 5.57. The van der Waals surface area contributed by atoms with Gasteiger partial charge >= 0.3 is 0 Å². The van der Waals surface area contributed by atoms with Crippen LogP contribution >= 0.6 is 0 Å². The van der Waals surface area contributed by atoms with Crippen molar-refractivity contribution >= 4 is 5.91 Å². The van der Waals surface area contributed by atoms with Gasteiger partial charge in [0.2, 0.25) is 5.91 Å². The topological polar surface area (TPSA) is 85.8 Å². The molecular weight excluding hydrogens is 206 g/mol. The molecule has 2 heterocycles. The highest BCUT2D eigenvalue weighted by Gasteiger charge is 2.22. The minimum atomic E-state index is -0.497. The highest BCUT2D eigenvalue weighted by molar-refractivity contribution is 5.81. The molecule has 0 fully saturated rings. The average Bonchev–Trinajstić information content (AvgIpc) is 2.77. The third-order valence-corrected chi connectivity index (χ3v) is 2.80. The van der Waals surface area contributed by atoms with Crippen molar-refractivity contribution in [1.29, 1.82) is 0 Å². The molecule has 0 radical (unpaired) electrons. The van der Waals surface area contributed by atoms with Gasteiger partial charge in [0.05, 0.1) is 12.1 Å². The molecular formula is C10H17N5O. The van der Waals surface area contributed by atoms with Crippen LogP contribution in [-0.4, -0.2) is 26.7 Å². The van der Waals surface area contributed by atoms with Gasteiger partial charge < -0.3 is 15.6 Å². The third kappa shape index (κ3) is 1.92. The fourth-order valence-electron chi connectivity index (χ4n) is 1.90. The standard InChI is InChI=1S/C10H17N5O/c1-6(11)10(16)12-7(2)9-14-13-8-4-3-5-15(8)9/h6-7H,3-5,11H2,1-2H3,(H,12,16)/t6-,7?/m0/s1. The Morgan fingerprint density at radius 1 is 1.50 bits per heavy atom. The quantitative estimate of drug-likeness (QED) is 0.739. The van der Waals surface area contributed by atoms with E-state index in [1.54, 1.807) is 6.92 Å². The first-order chi connectivity index (χ1) is 7.59. The summed E-state index contributed by atoms with van der Waals surface area (Å²) in [7, 11) is 0.